The summed E-state index contributed by atoms with van der Waals surface area (Å²) in [4.78, 5) is 2.71. The molecule has 6 heteroatoms. The molecule has 0 aliphatic rings. The van der Waals surface area contributed by atoms with Crippen molar-refractivity contribution in [3.8, 4) is 0 Å². The summed E-state index contributed by atoms with van der Waals surface area (Å²) < 4.78 is 0. The van der Waals surface area contributed by atoms with Crippen molar-refractivity contribution in [3.63, 3.8) is 0 Å². The molecule has 2 rings (SSSR count). The molecule has 0 radical (unpaired) electrons. The van der Waals surface area contributed by atoms with Crippen molar-refractivity contribution >= 4 is 17.4 Å². The fraction of sp³-hybridized carbons (Fsp3) is 0.300. The van der Waals surface area contributed by atoms with Crippen LogP contribution in [-0.2, 0) is 13.6 Å². The van der Waals surface area contributed by atoms with Crippen LogP contribution in [0.15, 0.2) is 29.2 Å². The molecule has 1 aromatic heterocycles. The number of rotatable bonds is 4. The van der Waals surface area contributed by atoms with Gasteiger partial charge in [-0.05, 0) is 35.7 Å². The third kappa shape index (κ3) is 2.73. The van der Waals surface area contributed by atoms with Gasteiger partial charge in [-0.25, -0.2) is 0 Å². The molecule has 0 aliphatic heterocycles. The second kappa shape index (κ2) is 4.98. The van der Waals surface area contributed by atoms with E-state index in [1.54, 1.807) is 18.8 Å². The Morgan fingerprint density at radius 1 is 1.31 bits per heavy atom. The summed E-state index contributed by atoms with van der Waals surface area (Å²) in [7, 11) is 1.75. The first kappa shape index (κ1) is 10.9. The van der Waals surface area contributed by atoms with Gasteiger partial charge in [0.1, 0.15) is 0 Å². The zero-order valence-electron chi connectivity index (χ0n) is 9.21. The van der Waals surface area contributed by atoms with Crippen molar-refractivity contribution in [2.24, 2.45) is 7.05 Å². The molecule has 0 saturated carbocycles. The van der Waals surface area contributed by atoms with Crippen LogP contribution in [0, 0.1) is 0 Å². The monoisotopic (exact) mass is 235 g/mol. The molecule has 84 valence electrons. The summed E-state index contributed by atoms with van der Waals surface area (Å²) in [5.41, 5.74) is 1.06. The van der Waals surface area contributed by atoms with Crippen LogP contribution in [0.2, 0.25) is 0 Å². The Labute approximate surface area is 98.2 Å². The lowest BCUT2D eigenvalue weighted by Gasteiger charge is -2.03. The van der Waals surface area contributed by atoms with E-state index in [2.05, 4.69) is 39.1 Å². The number of hydrogen-bond acceptors (Lipinski definition) is 5. The standard InChI is InChI=1S/C10H13N5S/c1-15-13-10(12-14-15)7-11-8-3-5-9(16-2)6-4-8/h3-6,11H,7H2,1-2H3. The maximum Gasteiger partial charge on any atom is 0.193 e. The lowest BCUT2D eigenvalue weighted by atomic mass is 10.3. The Bertz CT molecular complexity index is 450. The third-order valence-electron chi connectivity index (χ3n) is 2.09. The van der Waals surface area contributed by atoms with E-state index in [4.69, 9.17) is 0 Å². The van der Waals surface area contributed by atoms with E-state index in [-0.39, 0.29) is 0 Å². The minimum atomic E-state index is 0.590. The predicted octanol–water partition coefficient (Wildman–Crippen LogP) is 1.54. The van der Waals surface area contributed by atoms with Crippen molar-refractivity contribution in [1.29, 1.82) is 0 Å². The Balaban J connectivity index is 1.94. The van der Waals surface area contributed by atoms with Crippen LogP contribution >= 0.6 is 11.8 Å². The summed E-state index contributed by atoms with van der Waals surface area (Å²) >= 11 is 1.73. The van der Waals surface area contributed by atoms with Gasteiger partial charge in [0.2, 0.25) is 0 Å². The van der Waals surface area contributed by atoms with E-state index < -0.39 is 0 Å². The molecule has 0 amide bonds. The van der Waals surface area contributed by atoms with Gasteiger partial charge in [0.15, 0.2) is 5.82 Å². The zero-order chi connectivity index (χ0) is 11.4. The molecule has 1 N–H and O–H groups in total. The molecule has 0 bridgehead atoms. The predicted molar refractivity (Wildman–Crippen MR) is 64.3 cm³/mol. The van der Waals surface area contributed by atoms with Crippen LogP contribution in [0.3, 0.4) is 0 Å². The number of anilines is 1. The van der Waals surface area contributed by atoms with Crippen molar-refractivity contribution in [2.75, 3.05) is 11.6 Å². The van der Waals surface area contributed by atoms with Crippen LogP contribution in [0.25, 0.3) is 0 Å². The fourth-order valence-electron chi connectivity index (χ4n) is 1.28. The van der Waals surface area contributed by atoms with Crippen molar-refractivity contribution in [3.05, 3.63) is 30.1 Å². The van der Waals surface area contributed by atoms with Gasteiger partial charge >= 0.3 is 0 Å². The van der Waals surface area contributed by atoms with E-state index in [0.29, 0.717) is 12.4 Å². The van der Waals surface area contributed by atoms with Gasteiger partial charge in [-0.1, -0.05) is 0 Å². The maximum absolute atomic E-state index is 4.09. The molecule has 5 nitrogen and oxygen atoms in total. The number of benzene rings is 1. The number of nitrogens with zero attached hydrogens (tertiary/aromatic N) is 4. The van der Waals surface area contributed by atoms with E-state index in [9.17, 15) is 0 Å². The molecule has 0 atom stereocenters. The highest BCUT2D eigenvalue weighted by atomic mass is 32.2. The van der Waals surface area contributed by atoms with Gasteiger partial charge in [-0.15, -0.1) is 22.0 Å². The molecular formula is C10H13N5S. The maximum atomic E-state index is 4.09. The number of nitrogens with one attached hydrogen (secondary N) is 1. The summed E-state index contributed by atoms with van der Waals surface area (Å²) in [6.07, 6.45) is 2.06. The first-order valence-electron chi connectivity index (χ1n) is 4.89. The van der Waals surface area contributed by atoms with Crippen LogP contribution in [0.4, 0.5) is 5.69 Å². The molecule has 0 spiro atoms. The van der Waals surface area contributed by atoms with E-state index in [0.717, 1.165) is 5.69 Å². The highest BCUT2D eigenvalue weighted by molar-refractivity contribution is 7.98. The average Bonchev–Trinajstić information content (AvgIpc) is 2.73. The molecule has 16 heavy (non-hydrogen) atoms. The number of thioether (sulfide) groups is 1. The number of tetrazole rings is 1. The van der Waals surface area contributed by atoms with Gasteiger partial charge < -0.3 is 5.32 Å². The summed E-state index contributed by atoms with van der Waals surface area (Å²) in [6.45, 7) is 0.590. The number of aromatic nitrogens is 4. The molecule has 0 aliphatic carbocycles. The molecule has 0 fully saturated rings. The Hall–Kier alpha value is -1.56. The third-order valence-corrected chi connectivity index (χ3v) is 2.83. The van der Waals surface area contributed by atoms with E-state index in [1.165, 1.54) is 9.69 Å². The van der Waals surface area contributed by atoms with Gasteiger partial charge in [0.25, 0.3) is 0 Å². The van der Waals surface area contributed by atoms with Crippen LogP contribution in [-0.4, -0.2) is 26.5 Å². The molecule has 2 aromatic rings. The highest BCUT2D eigenvalue weighted by Crippen LogP contribution is 2.17. The smallest absolute Gasteiger partial charge is 0.193 e. The van der Waals surface area contributed by atoms with Crippen LogP contribution in [0.5, 0.6) is 0 Å². The second-order valence-electron chi connectivity index (χ2n) is 3.28. The lowest BCUT2D eigenvalue weighted by molar-refractivity contribution is 0.628. The van der Waals surface area contributed by atoms with E-state index >= 15 is 0 Å². The highest BCUT2D eigenvalue weighted by Gasteiger charge is 1.99. The summed E-state index contributed by atoms with van der Waals surface area (Å²) in [5.74, 6) is 0.691. The number of aryl methyl sites for hydroxylation is 1. The van der Waals surface area contributed by atoms with Crippen molar-refractivity contribution < 1.29 is 0 Å². The Morgan fingerprint density at radius 3 is 2.62 bits per heavy atom. The van der Waals surface area contributed by atoms with E-state index in [1.807, 2.05) is 12.1 Å². The van der Waals surface area contributed by atoms with Gasteiger partial charge in [0.05, 0.1) is 13.6 Å². The topological polar surface area (TPSA) is 55.6 Å². The summed E-state index contributed by atoms with van der Waals surface area (Å²) in [5, 5.41) is 15.0. The molecule has 0 unspecified atom stereocenters. The largest absolute Gasteiger partial charge is 0.378 e. The fourth-order valence-corrected chi connectivity index (χ4v) is 1.69. The van der Waals surface area contributed by atoms with Gasteiger partial charge in [-0.3, -0.25) is 0 Å². The quantitative estimate of drug-likeness (QED) is 0.815. The molecule has 0 saturated heterocycles. The molecule has 1 heterocycles. The minimum Gasteiger partial charge on any atom is -0.378 e. The second-order valence-corrected chi connectivity index (χ2v) is 4.16. The Morgan fingerprint density at radius 2 is 2.06 bits per heavy atom. The summed E-state index contributed by atoms with van der Waals surface area (Å²) in [6, 6.07) is 8.25. The molecular weight excluding hydrogens is 222 g/mol. The van der Waals surface area contributed by atoms with Gasteiger partial charge in [0, 0.05) is 10.6 Å². The zero-order valence-corrected chi connectivity index (χ0v) is 10.0. The average molecular weight is 235 g/mol. The SMILES string of the molecule is CSc1ccc(NCc2nnn(C)n2)cc1. The lowest BCUT2D eigenvalue weighted by Crippen LogP contribution is -2.02. The van der Waals surface area contributed by atoms with Crippen LogP contribution in [0.1, 0.15) is 5.82 Å². The number of hydrogen-bond donors (Lipinski definition) is 1. The first-order chi connectivity index (χ1) is 7.78. The van der Waals surface area contributed by atoms with Crippen molar-refractivity contribution in [2.45, 2.75) is 11.4 Å². The van der Waals surface area contributed by atoms with Crippen molar-refractivity contribution in [1.82, 2.24) is 20.2 Å². The molecule has 1 aromatic carbocycles. The van der Waals surface area contributed by atoms with Crippen LogP contribution < -0.4 is 5.32 Å². The first-order valence-corrected chi connectivity index (χ1v) is 6.11. The minimum absolute atomic E-state index is 0.590. The van der Waals surface area contributed by atoms with Gasteiger partial charge in [-0.2, -0.15) is 4.80 Å². The Kier molecular flexibility index (Phi) is 3.40. The normalized spacial score (nSPS) is 10.4.